The molecule has 1 fully saturated rings. The van der Waals surface area contributed by atoms with Gasteiger partial charge in [0.2, 0.25) is 0 Å². The molecule has 1 saturated heterocycles. The molecule has 0 atom stereocenters. The van der Waals surface area contributed by atoms with Crippen LogP contribution >= 0.6 is 34.5 Å². The summed E-state index contributed by atoms with van der Waals surface area (Å²) in [6, 6.07) is 13.0. The number of amides is 1. The fourth-order valence-corrected chi connectivity index (χ4v) is 4.70. The molecule has 0 saturated carbocycles. The molecule has 0 spiro atoms. The van der Waals surface area contributed by atoms with Gasteiger partial charge in [-0.3, -0.25) is 14.6 Å². The number of hydrogen-bond donors (Lipinski definition) is 0. The molecule has 1 aliphatic heterocycles. The first-order valence-corrected chi connectivity index (χ1v) is 11.3. The normalized spacial score (nSPS) is 15.1. The van der Waals surface area contributed by atoms with Gasteiger partial charge in [-0.15, -0.1) is 0 Å². The lowest BCUT2D eigenvalue weighted by molar-refractivity contribution is -0.114. The average molecular weight is 462 g/mol. The van der Waals surface area contributed by atoms with Crippen LogP contribution in [0.5, 0.6) is 0 Å². The van der Waals surface area contributed by atoms with E-state index in [0.29, 0.717) is 21.7 Å². The molecule has 1 amide bonds. The number of thiazole rings is 1. The summed E-state index contributed by atoms with van der Waals surface area (Å²) < 4.78 is 6.38. The van der Waals surface area contributed by atoms with Crippen molar-refractivity contribution < 1.29 is 9.53 Å². The molecule has 4 rings (SSSR count). The Bertz CT molecular complexity index is 1060. The van der Waals surface area contributed by atoms with E-state index >= 15 is 0 Å². The van der Waals surface area contributed by atoms with Crippen molar-refractivity contribution in [1.82, 2.24) is 9.88 Å². The number of hydrogen-bond acceptors (Lipinski definition) is 5. The van der Waals surface area contributed by atoms with E-state index in [-0.39, 0.29) is 5.91 Å². The molecule has 0 radical (unpaired) electrons. The number of carbonyl (C=O) groups excluding carboxylic acids is 1. The molecule has 1 aromatic heterocycles. The van der Waals surface area contributed by atoms with E-state index in [1.165, 1.54) is 11.3 Å². The van der Waals surface area contributed by atoms with Gasteiger partial charge in [-0.2, -0.15) is 0 Å². The second-order valence-electron chi connectivity index (χ2n) is 6.91. The number of fused-ring (bicyclic) bond motifs is 1. The van der Waals surface area contributed by atoms with Gasteiger partial charge >= 0.3 is 0 Å². The molecule has 0 aliphatic carbocycles. The van der Waals surface area contributed by atoms with Crippen LogP contribution in [0.1, 0.15) is 5.56 Å². The van der Waals surface area contributed by atoms with Crippen LogP contribution in [0, 0.1) is 0 Å². The molecule has 30 heavy (non-hydrogen) atoms. The largest absolute Gasteiger partial charge is 0.379 e. The molecule has 8 heteroatoms. The predicted molar refractivity (Wildman–Crippen MR) is 125 cm³/mol. The number of carbonyl (C=O) groups is 1. The third-order valence-corrected chi connectivity index (χ3v) is 6.51. The summed E-state index contributed by atoms with van der Waals surface area (Å²) in [5.74, 6) is -0.131. The van der Waals surface area contributed by atoms with Crippen LogP contribution in [0.4, 0.5) is 5.13 Å². The van der Waals surface area contributed by atoms with E-state index in [9.17, 15) is 4.79 Å². The van der Waals surface area contributed by atoms with Gasteiger partial charge in [0.25, 0.3) is 5.91 Å². The van der Waals surface area contributed by atoms with Gasteiger partial charge in [0.15, 0.2) is 5.13 Å². The van der Waals surface area contributed by atoms with Gasteiger partial charge in [-0.05, 0) is 35.9 Å². The first-order valence-electron chi connectivity index (χ1n) is 9.70. The maximum absolute atomic E-state index is 13.1. The Kier molecular flexibility index (Phi) is 7.02. The molecule has 0 N–H and O–H groups in total. The zero-order valence-electron chi connectivity index (χ0n) is 16.3. The average Bonchev–Trinajstić information content (AvgIpc) is 3.16. The molecule has 1 aliphatic rings. The van der Waals surface area contributed by atoms with Crippen molar-refractivity contribution in [1.29, 1.82) is 0 Å². The number of halogens is 2. The first-order chi connectivity index (χ1) is 14.6. The fraction of sp³-hybridized carbons (Fsp3) is 0.273. The zero-order valence-corrected chi connectivity index (χ0v) is 18.6. The van der Waals surface area contributed by atoms with Gasteiger partial charge in [0, 0.05) is 42.3 Å². The molecular formula is C22H21Cl2N3O2S. The van der Waals surface area contributed by atoms with E-state index in [4.69, 9.17) is 27.9 Å². The minimum absolute atomic E-state index is 0.131. The Morgan fingerprint density at radius 1 is 1.20 bits per heavy atom. The van der Waals surface area contributed by atoms with E-state index in [1.807, 2.05) is 36.4 Å². The van der Waals surface area contributed by atoms with Crippen LogP contribution in [-0.4, -0.2) is 55.2 Å². The maximum Gasteiger partial charge on any atom is 0.252 e. The summed E-state index contributed by atoms with van der Waals surface area (Å²) in [5, 5.41) is 1.92. The van der Waals surface area contributed by atoms with E-state index < -0.39 is 0 Å². The van der Waals surface area contributed by atoms with Crippen molar-refractivity contribution in [2.24, 2.45) is 0 Å². The van der Waals surface area contributed by atoms with Gasteiger partial charge in [-0.25, -0.2) is 4.98 Å². The Morgan fingerprint density at radius 2 is 2.00 bits per heavy atom. The lowest BCUT2D eigenvalue weighted by Gasteiger charge is -2.28. The van der Waals surface area contributed by atoms with Crippen LogP contribution in [0.25, 0.3) is 16.3 Å². The minimum atomic E-state index is -0.131. The van der Waals surface area contributed by atoms with Crippen LogP contribution < -0.4 is 4.90 Å². The predicted octanol–water partition coefficient (Wildman–Crippen LogP) is 4.98. The molecule has 0 unspecified atom stereocenters. The number of rotatable bonds is 6. The van der Waals surface area contributed by atoms with E-state index in [2.05, 4.69) is 9.88 Å². The number of morpholine rings is 1. The highest BCUT2D eigenvalue weighted by atomic mass is 35.5. The first kappa shape index (κ1) is 21.3. The molecule has 3 aromatic rings. The molecule has 2 heterocycles. The van der Waals surface area contributed by atoms with Crippen molar-refractivity contribution in [2.75, 3.05) is 44.3 Å². The van der Waals surface area contributed by atoms with E-state index in [1.54, 1.807) is 23.1 Å². The topological polar surface area (TPSA) is 45.7 Å². The van der Waals surface area contributed by atoms with Crippen molar-refractivity contribution >= 4 is 61.9 Å². The Morgan fingerprint density at radius 3 is 2.80 bits per heavy atom. The van der Waals surface area contributed by atoms with Crippen molar-refractivity contribution in [3.63, 3.8) is 0 Å². The molecule has 156 valence electrons. The molecule has 5 nitrogen and oxygen atoms in total. The number of ether oxygens (including phenoxy) is 1. The van der Waals surface area contributed by atoms with Crippen molar-refractivity contribution in [3.8, 4) is 0 Å². The van der Waals surface area contributed by atoms with Crippen LogP contribution in [0.15, 0.2) is 48.5 Å². The van der Waals surface area contributed by atoms with Crippen LogP contribution in [-0.2, 0) is 9.53 Å². The third kappa shape index (κ3) is 5.20. The summed E-state index contributed by atoms with van der Waals surface area (Å²) in [6.07, 6.45) is 3.30. The highest BCUT2D eigenvalue weighted by Gasteiger charge is 2.20. The summed E-state index contributed by atoms with van der Waals surface area (Å²) in [4.78, 5) is 21.8. The maximum atomic E-state index is 13.1. The van der Waals surface area contributed by atoms with Gasteiger partial charge < -0.3 is 4.74 Å². The monoisotopic (exact) mass is 461 g/mol. The summed E-state index contributed by atoms with van der Waals surface area (Å²) in [6.45, 7) is 4.48. The second kappa shape index (κ2) is 9.90. The van der Waals surface area contributed by atoms with E-state index in [0.717, 1.165) is 48.6 Å². The zero-order chi connectivity index (χ0) is 20.9. The fourth-order valence-electron chi connectivity index (χ4n) is 3.23. The number of benzene rings is 2. The number of nitrogens with zero attached hydrogens (tertiary/aromatic N) is 3. The molecule has 0 bridgehead atoms. The lowest BCUT2D eigenvalue weighted by atomic mass is 10.2. The van der Waals surface area contributed by atoms with Gasteiger partial charge in [-0.1, -0.05) is 52.7 Å². The van der Waals surface area contributed by atoms with Crippen molar-refractivity contribution in [2.45, 2.75) is 0 Å². The summed E-state index contributed by atoms with van der Waals surface area (Å²) >= 11 is 13.8. The lowest BCUT2D eigenvalue weighted by Crippen LogP contribution is -2.42. The quantitative estimate of drug-likeness (QED) is 0.485. The highest BCUT2D eigenvalue weighted by molar-refractivity contribution is 7.22. The van der Waals surface area contributed by atoms with Gasteiger partial charge in [0.05, 0.1) is 23.4 Å². The van der Waals surface area contributed by atoms with Crippen molar-refractivity contribution in [3.05, 3.63) is 64.1 Å². The Labute approximate surface area is 189 Å². The Balaban J connectivity index is 1.58. The standard InChI is InChI=1S/C22H21Cl2N3O2S/c23-17-6-7-19-20(15-17)30-22(25-19)27(10-9-26-11-13-29-14-12-26)21(28)8-5-16-3-1-2-4-18(16)24/h1-8,15H,9-14H2/b8-5+. The second-order valence-corrected chi connectivity index (χ2v) is 8.76. The number of aromatic nitrogens is 1. The number of anilines is 1. The van der Waals surface area contributed by atoms with Crippen LogP contribution in [0.2, 0.25) is 10.0 Å². The summed E-state index contributed by atoms with van der Waals surface area (Å²) in [5.41, 5.74) is 1.63. The highest BCUT2D eigenvalue weighted by Crippen LogP contribution is 2.31. The molecule has 2 aromatic carbocycles. The SMILES string of the molecule is O=C(/C=C/c1ccccc1Cl)N(CCN1CCOCC1)c1nc2ccc(Cl)cc2s1. The third-order valence-electron chi connectivity index (χ3n) is 4.89. The smallest absolute Gasteiger partial charge is 0.252 e. The van der Waals surface area contributed by atoms with Gasteiger partial charge in [0.1, 0.15) is 0 Å². The minimum Gasteiger partial charge on any atom is -0.379 e. The molecular weight excluding hydrogens is 441 g/mol. The summed E-state index contributed by atoms with van der Waals surface area (Å²) in [7, 11) is 0. The Hall–Kier alpha value is -1.96. The van der Waals surface area contributed by atoms with Crippen LogP contribution in [0.3, 0.4) is 0 Å².